The smallest absolute Gasteiger partial charge is 0.328 e. The highest BCUT2D eigenvalue weighted by molar-refractivity contribution is 5.94. The Kier molecular flexibility index (Phi) is 2.52. The van der Waals surface area contributed by atoms with Gasteiger partial charge in [0.25, 0.3) is 0 Å². The van der Waals surface area contributed by atoms with Crippen molar-refractivity contribution in [3.05, 3.63) is 41.1 Å². The number of carbonyl (C=O) groups is 1. The largest absolute Gasteiger partial charge is 0.478 e. The second-order valence-corrected chi connectivity index (χ2v) is 3.88. The molecule has 3 heteroatoms. The zero-order valence-electron chi connectivity index (χ0n) is 9.24. The molecule has 82 valence electrons. The maximum atomic E-state index is 10.5. The average molecular weight is 215 g/mol. The molecule has 0 bridgehead atoms. The van der Waals surface area contributed by atoms with Gasteiger partial charge in [-0.2, -0.15) is 0 Å². The molecule has 0 fully saturated rings. The van der Waals surface area contributed by atoms with E-state index in [9.17, 15) is 4.79 Å². The Balaban J connectivity index is 2.62. The molecule has 0 aliphatic rings. The third kappa shape index (κ3) is 1.84. The van der Waals surface area contributed by atoms with Gasteiger partial charge >= 0.3 is 5.97 Å². The zero-order valence-corrected chi connectivity index (χ0v) is 9.24. The lowest BCUT2D eigenvalue weighted by Gasteiger charge is -1.95. The van der Waals surface area contributed by atoms with Crippen molar-refractivity contribution in [2.24, 2.45) is 0 Å². The molecule has 0 aliphatic carbocycles. The zero-order chi connectivity index (χ0) is 11.7. The first-order valence-electron chi connectivity index (χ1n) is 5.08. The van der Waals surface area contributed by atoms with Crippen molar-refractivity contribution >= 4 is 22.9 Å². The van der Waals surface area contributed by atoms with Crippen molar-refractivity contribution in [2.75, 3.05) is 0 Å². The number of hydrogen-bond donors (Lipinski definition) is 2. The Hall–Kier alpha value is -2.03. The summed E-state index contributed by atoms with van der Waals surface area (Å²) in [5.41, 5.74) is 4.13. The van der Waals surface area contributed by atoms with Gasteiger partial charge in [-0.25, -0.2) is 4.79 Å². The topological polar surface area (TPSA) is 53.1 Å². The number of aryl methyl sites for hydroxylation is 2. The van der Waals surface area contributed by atoms with E-state index in [4.69, 9.17) is 5.11 Å². The van der Waals surface area contributed by atoms with Crippen LogP contribution in [-0.2, 0) is 4.79 Å². The van der Waals surface area contributed by atoms with Crippen LogP contribution in [0.5, 0.6) is 0 Å². The molecule has 0 unspecified atom stereocenters. The van der Waals surface area contributed by atoms with Crippen LogP contribution in [0.4, 0.5) is 0 Å². The van der Waals surface area contributed by atoms with Crippen LogP contribution in [-0.4, -0.2) is 16.1 Å². The average Bonchev–Trinajstić information content (AvgIpc) is 2.51. The van der Waals surface area contributed by atoms with Crippen LogP contribution in [0.25, 0.3) is 17.0 Å². The third-order valence-electron chi connectivity index (χ3n) is 2.58. The minimum Gasteiger partial charge on any atom is -0.478 e. The van der Waals surface area contributed by atoms with E-state index < -0.39 is 5.97 Å². The molecule has 2 aromatic rings. The molecule has 0 aliphatic heterocycles. The van der Waals surface area contributed by atoms with Gasteiger partial charge in [0.2, 0.25) is 0 Å². The van der Waals surface area contributed by atoms with Gasteiger partial charge in [-0.05, 0) is 32.1 Å². The molecule has 16 heavy (non-hydrogen) atoms. The number of fused-ring (bicyclic) bond motifs is 1. The van der Waals surface area contributed by atoms with Crippen molar-refractivity contribution in [1.82, 2.24) is 4.98 Å². The first-order chi connectivity index (χ1) is 7.58. The first-order valence-corrected chi connectivity index (χ1v) is 5.08. The molecule has 0 radical (unpaired) electrons. The first kappa shape index (κ1) is 10.5. The molecule has 1 aromatic carbocycles. The molecular formula is C13H13NO2. The number of carboxylic acids is 1. The van der Waals surface area contributed by atoms with Crippen molar-refractivity contribution in [1.29, 1.82) is 0 Å². The lowest BCUT2D eigenvalue weighted by Crippen LogP contribution is -1.86. The van der Waals surface area contributed by atoms with E-state index in [0.29, 0.717) is 0 Å². The number of rotatable bonds is 2. The maximum absolute atomic E-state index is 10.5. The Labute approximate surface area is 93.4 Å². The summed E-state index contributed by atoms with van der Waals surface area (Å²) in [5, 5.41) is 9.70. The number of hydrogen-bond acceptors (Lipinski definition) is 1. The molecule has 0 saturated heterocycles. The van der Waals surface area contributed by atoms with Crippen LogP contribution in [0.1, 0.15) is 16.8 Å². The second-order valence-electron chi connectivity index (χ2n) is 3.88. The Morgan fingerprint density at radius 3 is 2.81 bits per heavy atom. The van der Waals surface area contributed by atoms with Gasteiger partial charge in [-0.1, -0.05) is 11.6 Å². The molecule has 2 N–H and O–H groups in total. The van der Waals surface area contributed by atoms with Crippen molar-refractivity contribution in [3.8, 4) is 0 Å². The number of H-pyrrole nitrogens is 1. The molecular weight excluding hydrogens is 202 g/mol. The SMILES string of the molecule is Cc1ccc2[nH]c(C)c(/C=C/C(=O)O)c2c1. The molecule has 0 spiro atoms. The Bertz CT molecular complexity index is 579. The van der Waals surface area contributed by atoms with E-state index >= 15 is 0 Å². The third-order valence-corrected chi connectivity index (χ3v) is 2.58. The standard InChI is InChI=1S/C13H13NO2/c1-8-3-5-12-11(7-8)10(9(2)14-12)4-6-13(15)16/h3-7,14H,1-2H3,(H,15,16)/b6-4+. The Morgan fingerprint density at radius 2 is 2.12 bits per heavy atom. The predicted octanol–water partition coefficient (Wildman–Crippen LogP) is 2.88. The van der Waals surface area contributed by atoms with Gasteiger partial charge in [0.15, 0.2) is 0 Å². The van der Waals surface area contributed by atoms with Crippen LogP contribution in [0.3, 0.4) is 0 Å². The summed E-state index contributed by atoms with van der Waals surface area (Å²) in [6.45, 7) is 3.96. The van der Waals surface area contributed by atoms with E-state index in [1.165, 1.54) is 0 Å². The summed E-state index contributed by atoms with van der Waals surface area (Å²) in [5.74, 6) is -0.929. The monoisotopic (exact) mass is 215 g/mol. The molecule has 0 saturated carbocycles. The number of nitrogens with one attached hydrogen (secondary N) is 1. The van der Waals surface area contributed by atoms with E-state index in [1.807, 2.05) is 26.0 Å². The lowest BCUT2D eigenvalue weighted by atomic mass is 10.1. The predicted molar refractivity (Wildman–Crippen MR) is 64.4 cm³/mol. The quantitative estimate of drug-likeness (QED) is 0.757. The van der Waals surface area contributed by atoms with Crippen LogP contribution in [0, 0.1) is 13.8 Å². The van der Waals surface area contributed by atoms with Gasteiger partial charge in [-0.15, -0.1) is 0 Å². The van der Waals surface area contributed by atoms with Crippen LogP contribution < -0.4 is 0 Å². The van der Waals surface area contributed by atoms with Crippen LogP contribution >= 0.6 is 0 Å². The minimum atomic E-state index is -0.929. The van der Waals surface area contributed by atoms with E-state index in [1.54, 1.807) is 6.08 Å². The molecule has 0 amide bonds. The summed E-state index contributed by atoms with van der Waals surface area (Å²) < 4.78 is 0. The van der Waals surface area contributed by atoms with Crippen LogP contribution in [0.15, 0.2) is 24.3 Å². The molecule has 3 nitrogen and oxygen atoms in total. The van der Waals surface area contributed by atoms with Gasteiger partial charge in [0.05, 0.1) is 0 Å². The highest BCUT2D eigenvalue weighted by Gasteiger charge is 2.05. The summed E-state index contributed by atoms with van der Waals surface area (Å²) in [6.07, 6.45) is 2.80. The van der Waals surface area contributed by atoms with Crippen molar-refractivity contribution < 1.29 is 9.90 Å². The van der Waals surface area contributed by atoms with Crippen molar-refractivity contribution in [3.63, 3.8) is 0 Å². The summed E-state index contributed by atoms with van der Waals surface area (Å²) in [7, 11) is 0. The fourth-order valence-electron chi connectivity index (χ4n) is 1.83. The molecule has 2 rings (SSSR count). The van der Waals surface area contributed by atoms with Crippen LogP contribution in [0.2, 0.25) is 0 Å². The number of aromatic amines is 1. The fraction of sp³-hybridized carbons (Fsp3) is 0.154. The number of aromatic nitrogens is 1. The molecule has 1 aromatic heterocycles. The fourth-order valence-corrected chi connectivity index (χ4v) is 1.83. The van der Waals surface area contributed by atoms with E-state index in [-0.39, 0.29) is 0 Å². The number of aliphatic carboxylic acids is 1. The highest BCUT2D eigenvalue weighted by Crippen LogP contribution is 2.24. The van der Waals surface area contributed by atoms with Gasteiger partial charge in [0, 0.05) is 28.2 Å². The lowest BCUT2D eigenvalue weighted by molar-refractivity contribution is -0.131. The Morgan fingerprint density at radius 1 is 1.38 bits per heavy atom. The molecule has 0 atom stereocenters. The normalized spacial score (nSPS) is 11.4. The maximum Gasteiger partial charge on any atom is 0.328 e. The summed E-state index contributed by atoms with van der Waals surface area (Å²) in [6, 6.07) is 6.10. The van der Waals surface area contributed by atoms with Crippen molar-refractivity contribution in [2.45, 2.75) is 13.8 Å². The number of carboxylic acid groups (broad SMARTS) is 1. The summed E-state index contributed by atoms with van der Waals surface area (Å²) >= 11 is 0. The van der Waals surface area contributed by atoms with E-state index in [0.717, 1.165) is 33.8 Å². The summed E-state index contributed by atoms with van der Waals surface area (Å²) in [4.78, 5) is 13.7. The second kappa shape index (κ2) is 3.85. The molecule has 1 heterocycles. The van der Waals surface area contributed by atoms with E-state index in [2.05, 4.69) is 11.1 Å². The van der Waals surface area contributed by atoms with Gasteiger partial charge in [-0.3, -0.25) is 0 Å². The minimum absolute atomic E-state index is 0.929. The van der Waals surface area contributed by atoms with Gasteiger partial charge < -0.3 is 10.1 Å². The van der Waals surface area contributed by atoms with Gasteiger partial charge in [0.1, 0.15) is 0 Å². The highest BCUT2D eigenvalue weighted by atomic mass is 16.4. The number of benzene rings is 1.